The average molecular weight is 536 g/mol. The maximum atomic E-state index is 13.7. The summed E-state index contributed by atoms with van der Waals surface area (Å²) in [5.74, 6) is -0.977. The molecule has 1 aliphatic rings. The molecule has 204 valence electrons. The molecule has 8 nitrogen and oxygen atoms in total. The number of halogens is 1. The number of rotatable bonds is 9. The first-order valence-electron chi connectivity index (χ1n) is 12.3. The van der Waals surface area contributed by atoms with Gasteiger partial charge in [0.05, 0.1) is 39.6 Å². The van der Waals surface area contributed by atoms with Crippen molar-refractivity contribution in [3.8, 4) is 23.0 Å². The van der Waals surface area contributed by atoms with Gasteiger partial charge >= 0.3 is 0 Å². The third-order valence-corrected chi connectivity index (χ3v) is 6.24. The molecule has 1 saturated heterocycles. The molecule has 0 spiro atoms. The van der Waals surface area contributed by atoms with Gasteiger partial charge in [0.15, 0.2) is 11.5 Å². The van der Waals surface area contributed by atoms with E-state index < -0.39 is 23.5 Å². The van der Waals surface area contributed by atoms with E-state index in [-0.39, 0.29) is 22.9 Å². The number of nitrogens with zero attached hydrogens (tertiary/aromatic N) is 1. The molecule has 1 N–H and O–H groups in total. The van der Waals surface area contributed by atoms with Gasteiger partial charge in [0, 0.05) is 11.3 Å². The van der Waals surface area contributed by atoms with Crippen LogP contribution in [0.1, 0.15) is 31.0 Å². The summed E-state index contributed by atoms with van der Waals surface area (Å²) in [6.45, 7) is 4.49. The number of ketones is 1. The van der Waals surface area contributed by atoms with Crippen LogP contribution in [0, 0.1) is 11.7 Å². The number of ether oxygens (including phenoxy) is 4. The molecule has 1 amide bonds. The summed E-state index contributed by atoms with van der Waals surface area (Å²) in [5, 5.41) is 11.5. The van der Waals surface area contributed by atoms with Gasteiger partial charge in [-0.05, 0) is 60.0 Å². The van der Waals surface area contributed by atoms with Gasteiger partial charge in [-0.15, -0.1) is 0 Å². The van der Waals surface area contributed by atoms with E-state index in [1.54, 1.807) is 36.4 Å². The van der Waals surface area contributed by atoms with Crippen LogP contribution in [-0.4, -0.2) is 44.7 Å². The average Bonchev–Trinajstić information content (AvgIpc) is 3.21. The SMILES string of the molecule is COc1cc(C2/C(=C(\O)c3cccc(OCC(C)C)c3)C(=O)C(=O)N2c2ccc(F)cc2)cc(OC)c1OC. The number of aliphatic hydroxyl groups is 1. The van der Waals surface area contributed by atoms with Crippen molar-refractivity contribution < 1.29 is 38.0 Å². The number of carbonyl (C=O) groups is 2. The van der Waals surface area contributed by atoms with Crippen molar-refractivity contribution in [1.82, 2.24) is 0 Å². The van der Waals surface area contributed by atoms with Gasteiger partial charge in [0.1, 0.15) is 17.3 Å². The zero-order chi connectivity index (χ0) is 28.3. The summed E-state index contributed by atoms with van der Waals surface area (Å²) in [4.78, 5) is 28.1. The van der Waals surface area contributed by atoms with Gasteiger partial charge in [-0.1, -0.05) is 26.0 Å². The van der Waals surface area contributed by atoms with Crippen molar-refractivity contribution in [1.29, 1.82) is 0 Å². The lowest BCUT2D eigenvalue weighted by atomic mass is 9.94. The standard InChI is InChI=1S/C30H30FNO7/c1-17(2)16-39-22-8-6-7-18(13-22)27(33)25-26(19-14-23(36-3)29(38-5)24(15-19)37-4)32(30(35)28(25)34)21-11-9-20(31)10-12-21/h6-15,17,26,33H,16H2,1-5H3/b27-25+. The first-order valence-corrected chi connectivity index (χ1v) is 12.3. The molecule has 3 aromatic carbocycles. The molecule has 0 saturated carbocycles. The van der Waals surface area contributed by atoms with E-state index in [9.17, 15) is 19.1 Å². The minimum absolute atomic E-state index is 0.153. The fourth-order valence-electron chi connectivity index (χ4n) is 4.43. The molecule has 0 radical (unpaired) electrons. The molecule has 1 atom stereocenters. The van der Waals surface area contributed by atoms with E-state index in [1.165, 1.54) is 50.5 Å². The lowest BCUT2D eigenvalue weighted by molar-refractivity contribution is -0.132. The fourth-order valence-corrected chi connectivity index (χ4v) is 4.43. The first kappa shape index (κ1) is 27.5. The Morgan fingerprint density at radius 2 is 1.59 bits per heavy atom. The minimum Gasteiger partial charge on any atom is -0.507 e. The lowest BCUT2D eigenvalue weighted by Gasteiger charge is -2.26. The Bertz CT molecular complexity index is 1390. The number of hydrogen-bond acceptors (Lipinski definition) is 7. The van der Waals surface area contributed by atoms with Crippen molar-refractivity contribution in [2.24, 2.45) is 5.92 Å². The van der Waals surface area contributed by atoms with Crippen LogP contribution in [0.2, 0.25) is 0 Å². The van der Waals surface area contributed by atoms with Gasteiger partial charge in [0.2, 0.25) is 5.75 Å². The predicted octanol–water partition coefficient (Wildman–Crippen LogP) is 5.51. The number of carbonyl (C=O) groups excluding carboxylic acids is 2. The smallest absolute Gasteiger partial charge is 0.300 e. The third kappa shape index (κ3) is 5.38. The molecular formula is C30H30FNO7. The highest BCUT2D eigenvalue weighted by Gasteiger charge is 2.47. The Morgan fingerprint density at radius 1 is 0.949 bits per heavy atom. The molecule has 1 aliphatic heterocycles. The first-order chi connectivity index (χ1) is 18.7. The number of benzene rings is 3. The Balaban J connectivity index is 1.95. The van der Waals surface area contributed by atoms with Crippen LogP contribution in [0.3, 0.4) is 0 Å². The fraction of sp³-hybridized carbons (Fsp3) is 0.267. The molecule has 1 fully saturated rings. The predicted molar refractivity (Wildman–Crippen MR) is 144 cm³/mol. The highest BCUT2D eigenvalue weighted by Crippen LogP contribution is 2.47. The Kier molecular flexibility index (Phi) is 8.09. The van der Waals surface area contributed by atoms with Crippen molar-refractivity contribution in [3.05, 3.63) is 83.2 Å². The number of amides is 1. The molecule has 4 rings (SSSR count). The van der Waals surface area contributed by atoms with Crippen molar-refractivity contribution in [3.63, 3.8) is 0 Å². The van der Waals surface area contributed by atoms with E-state index in [0.717, 1.165) is 0 Å². The van der Waals surface area contributed by atoms with Crippen molar-refractivity contribution >= 4 is 23.1 Å². The second kappa shape index (κ2) is 11.5. The van der Waals surface area contributed by atoms with E-state index in [4.69, 9.17) is 18.9 Å². The number of aliphatic hydroxyl groups excluding tert-OH is 1. The molecule has 0 bridgehead atoms. The zero-order valence-electron chi connectivity index (χ0n) is 22.4. The van der Waals surface area contributed by atoms with Gasteiger partial charge < -0.3 is 24.1 Å². The number of hydrogen-bond donors (Lipinski definition) is 1. The topological polar surface area (TPSA) is 94.5 Å². The monoisotopic (exact) mass is 535 g/mol. The van der Waals surface area contributed by atoms with E-state index >= 15 is 0 Å². The van der Waals surface area contributed by atoms with Crippen LogP contribution in [-0.2, 0) is 9.59 Å². The molecule has 0 aliphatic carbocycles. The van der Waals surface area contributed by atoms with Crippen LogP contribution in [0.25, 0.3) is 5.76 Å². The maximum absolute atomic E-state index is 13.7. The second-order valence-corrected chi connectivity index (χ2v) is 9.34. The summed E-state index contributed by atoms with van der Waals surface area (Å²) in [6, 6.07) is 13.9. The van der Waals surface area contributed by atoms with Gasteiger partial charge in [-0.25, -0.2) is 4.39 Å². The minimum atomic E-state index is -1.09. The summed E-state index contributed by atoms with van der Waals surface area (Å²) in [5.41, 5.74) is 0.817. The van der Waals surface area contributed by atoms with Crippen LogP contribution in [0.5, 0.6) is 23.0 Å². The Labute approximate surface area is 226 Å². The molecule has 39 heavy (non-hydrogen) atoms. The molecule has 9 heteroatoms. The Hall–Kier alpha value is -4.53. The lowest BCUT2D eigenvalue weighted by Crippen LogP contribution is -2.29. The number of Topliss-reactive ketones (excluding diaryl/α,β-unsaturated/α-hetero) is 1. The normalized spacial score (nSPS) is 16.5. The van der Waals surface area contributed by atoms with E-state index in [2.05, 4.69) is 0 Å². The van der Waals surface area contributed by atoms with Crippen molar-refractivity contribution in [2.45, 2.75) is 19.9 Å². The van der Waals surface area contributed by atoms with Gasteiger partial charge in [-0.2, -0.15) is 0 Å². The molecule has 3 aromatic rings. The van der Waals surface area contributed by atoms with E-state index in [0.29, 0.717) is 40.7 Å². The van der Waals surface area contributed by atoms with Crippen LogP contribution in [0.15, 0.2) is 66.2 Å². The molecule has 1 heterocycles. The zero-order valence-corrected chi connectivity index (χ0v) is 22.4. The highest BCUT2D eigenvalue weighted by atomic mass is 19.1. The Morgan fingerprint density at radius 3 is 2.15 bits per heavy atom. The quantitative estimate of drug-likeness (QED) is 0.219. The second-order valence-electron chi connectivity index (χ2n) is 9.34. The number of anilines is 1. The molecule has 1 unspecified atom stereocenters. The van der Waals surface area contributed by atoms with Crippen LogP contribution < -0.4 is 23.8 Å². The summed E-state index contributed by atoms with van der Waals surface area (Å²) in [6.07, 6.45) is 0. The number of methoxy groups -OCH3 is 3. The van der Waals surface area contributed by atoms with Crippen LogP contribution >= 0.6 is 0 Å². The van der Waals surface area contributed by atoms with Crippen LogP contribution in [0.4, 0.5) is 10.1 Å². The summed E-state index contributed by atoms with van der Waals surface area (Å²) in [7, 11) is 4.35. The van der Waals surface area contributed by atoms with E-state index in [1.807, 2.05) is 13.8 Å². The van der Waals surface area contributed by atoms with Gasteiger partial charge in [0.25, 0.3) is 11.7 Å². The van der Waals surface area contributed by atoms with Crippen molar-refractivity contribution in [2.75, 3.05) is 32.8 Å². The summed E-state index contributed by atoms with van der Waals surface area (Å²) >= 11 is 0. The largest absolute Gasteiger partial charge is 0.507 e. The van der Waals surface area contributed by atoms with Gasteiger partial charge in [-0.3, -0.25) is 14.5 Å². The maximum Gasteiger partial charge on any atom is 0.300 e. The molecule has 0 aromatic heterocycles. The third-order valence-electron chi connectivity index (χ3n) is 6.24. The highest BCUT2D eigenvalue weighted by molar-refractivity contribution is 6.51. The summed E-state index contributed by atoms with van der Waals surface area (Å²) < 4.78 is 35.9. The molecular weight excluding hydrogens is 505 g/mol.